The molecule has 1 fully saturated rings. The minimum Gasteiger partial charge on any atom is -0.394 e. The summed E-state index contributed by atoms with van der Waals surface area (Å²) in [5.41, 5.74) is 0. The molecule has 0 unspecified atom stereocenters. The molecule has 1 heterocycles. The first-order valence-corrected chi connectivity index (χ1v) is 10.8. The molecule has 0 spiro atoms. The number of carbonyl (C=O) groups excluding carboxylic acids is 1. The van der Waals surface area contributed by atoms with E-state index in [0.29, 0.717) is 19.3 Å². The number of hydrogen-bond acceptors (Lipinski definition) is 5. The van der Waals surface area contributed by atoms with Crippen molar-refractivity contribution in [1.82, 2.24) is 15.4 Å². The van der Waals surface area contributed by atoms with Crippen molar-refractivity contribution < 1.29 is 27.4 Å². The van der Waals surface area contributed by atoms with E-state index in [1.54, 1.807) is 0 Å². The standard InChI is InChI=1S/C18H28FN3O5S/c1-12(2)21-18(24)22-16-8-5-14(27-17(16)11-23)9-10-20-28(25,26)15-6-3-13(19)4-7-15/h3-4,6-7,12,14,16-17,20,23H,5,8-11H2,1-2H3,(H2,21,22,24)/t14-,16+,17-/m1/s1. The van der Waals surface area contributed by atoms with E-state index in [1.165, 1.54) is 12.1 Å². The zero-order valence-corrected chi connectivity index (χ0v) is 16.8. The number of aliphatic hydroxyl groups is 1. The van der Waals surface area contributed by atoms with Crippen LogP contribution in [0, 0.1) is 5.82 Å². The molecule has 3 atom stereocenters. The van der Waals surface area contributed by atoms with Gasteiger partial charge in [-0.15, -0.1) is 0 Å². The van der Waals surface area contributed by atoms with Crippen LogP contribution in [0.15, 0.2) is 29.2 Å². The Morgan fingerprint density at radius 1 is 1.29 bits per heavy atom. The molecule has 10 heteroatoms. The number of benzene rings is 1. The summed E-state index contributed by atoms with van der Waals surface area (Å²) in [5, 5.41) is 15.1. The van der Waals surface area contributed by atoms with Gasteiger partial charge < -0.3 is 20.5 Å². The highest BCUT2D eigenvalue weighted by molar-refractivity contribution is 7.89. The third kappa shape index (κ3) is 6.69. The molecule has 8 nitrogen and oxygen atoms in total. The zero-order valence-electron chi connectivity index (χ0n) is 16.0. The van der Waals surface area contributed by atoms with E-state index in [2.05, 4.69) is 15.4 Å². The van der Waals surface area contributed by atoms with Gasteiger partial charge in [0.05, 0.1) is 23.6 Å². The monoisotopic (exact) mass is 417 g/mol. The maximum atomic E-state index is 12.9. The van der Waals surface area contributed by atoms with Crippen LogP contribution in [0.3, 0.4) is 0 Å². The Labute approximate surface area is 164 Å². The number of nitrogens with one attached hydrogen (secondary N) is 3. The first kappa shape index (κ1) is 22.5. The van der Waals surface area contributed by atoms with E-state index in [1.807, 2.05) is 13.8 Å². The van der Waals surface area contributed by atoms with E-state index in [0.717, 1.165) is 12.1 Å². The topological polar surface area (TPSA) is 117 Å². The van der Waals surface area contributed by atoms with Crippen molar-refractivity contribution in [2.45, 2.75) is 62.3 Å². The second kappa shape index (κ2) is 10.1. The number of hydrogen-bond donors (Lipinski definition) is 4. The van der Waals surface area contributed by atoms with Gasteiger partial charge in [0.15, 0.2) is 0 Å². The van der Waals surface area contributed by atoms with Gasteiger partial charge in [0.1, 0.15) is 11.9 Å². The van der Waals surface area contributed by atoms with Gasteiger partial charge in [-0.25, -0.2) is 22.3 Å². The summed E-state index contributed by atoms with van der Waals surface area (Å²) in [6.45, 7) is 3.60. The molecule has 0 aliphatic carbocycles. The van der Waals surface area contributed by atoms with E-state index < -0.39 is 21.9 Å². The molecule has 1 aliphatic rings. The van der Waals surface area contributed by atoms with Crippen LogP contribution in [0.5, 0.6) is 0 Å². The van der Waals surface area contributed by atoms with Gasteiger partial charge >= 0.3 is 6.03 Å². The van der Waals surface area contributed by atoms with Gasteiger partial charge in [0, 0.05) is 12.6 Å². The van der Waals surface area contributed by atoms with Crippen LogP contribution in [0.25, 0.3) is 0 Å². The molecular weight excluding hydrogens is 389 g/mol. The fourth-order valence-electron chi connectivity index (χ4n) is 3.03. The van der Waals surface area contributed by atoms with Crippen LogP contribution >= 0.6 is 0 Å². The van der Waals surface area contributed by atoms with Crippen LogP contribution in [0.1, 0.15) is 33.1 Å². The lowest BCUT2D eigenvalue weighted by Crippen LogP contribution is -2.54. The summed E-state index contributed by atoms with van der Waals surface area (Å²) in [5.74, 6) is -0.505. The summed E-state index contributed by atoms with van der Waals surface area (Å²) in [6.07, 6.45) is 0.875. The molecule has 0 aromatic heterocycles. The quantitative estimate of drug-likeness (QED) is 0.506. The Bertz CT molecular complexity index is 742. The number of ether oxygens (including phenoxy) is 1. The number of sulfonamides is 1. The van der Waals surface area contributed by atoms with Crippen LogP contribution in [0.2, 0.25) is 0 Å². The van der Waals surface area contributed by atoms with Crippen molar-refractivity contribution in [3.05, 3.63) is 30.1 Å². The van der Waals surface area contributed by atoms with Crippen molar-refractivity contribution in [2.24, 2.45) is 0 Å². The highest BCUT2D eigenvalue weighted by atomic mass is 32.2. The molecule has 1 aliphatic heterocycles. The maximum absolute atomic E-state index is 12.9. The van der Waals surface area contributed by atoms with Crippen LogP contribution in [-0.4, -0.2) is 57.0 Å². The SMILES string of the molecule is CC(C)NC(=O)N[C@H]1CC[C@H](CCNS(=O)(=O)c2ccc(F)cc2)O[C@@H]1CO. The second-order valence-corrected chi connectivity index (χ2v) is 8.84. The normalized spacial score (nSPS) is 22.8. The summed E-state index contributed by atoms with van der Waals surface area (Å²) >= 11 is 0. The lowest BCUT2D eigenvalue weighted by molar-refractivity contribution is -0.0886. The van der Waals surface area contributed by atoms with Gasteiger partial charge in [-0.2, -0.15) is 0 Å². The van der Waals surface area contributed by atoms with Gasteiger partial charge in [-0.3, -0.25) is 0 Å². The molecule has 1 aromatic rings. The fourth-order valence-corrected chi connectivity index (χ4v) is 4.08. The fraction of sp³-hybridized carbons (Fsp3) is 0.611. The third-order valence-electron chi connectivity index (χ3n) is 4.41. The van der Waals surface area contributed by atoms with E-state index >= 15 is 0 Å². The Morgan fingerprint density at radius 2 is 1.96 bits per heavy atom. The molecule has 158 valence electrons. The summed E-state index contributed by atoms with van der Waals surface area (Å²) in [4.78, 5) is 11.8. The number of amides is 2. The number of rotatable bonds is 8. The Morgan fingerprint density at radius 3 is 2.57 bits per heavy atom. The minimum atomic E-state index is -3.72. The van der Waals surface area contributed by atoms with E-state index in [9.17, 15) is 22.7 Å². The lowest BCUT2D eigenvalue weighted by Gasteiger charge is -2.36. The van der Waals surface area contributed by atoms with Gasteiger partial charge in [0.2, 0.25) is 10.0 Å². The predicted molar refractivity (Wildman–Crippen MR) is 102 cm³/mol. The molecule has 0 radical (unpaired) electrons. The maximum Gasteiger partial charge on any atom is 0.315 e. The van der Waals surface area contributed by atoms with E-state index in [4.69, 9.17) is 4.74 Å². The lowest BCUT2D eigenvalue weighted by atomic mass is 9.97. The van der Waals surface area contributed by atoms with Crippen LogP contribution < -0.4 is 15.4 Å². The molecule has 0 bridgehead atoms. The van der Waals surface area contributed by atoms with Gasteiger partial charge in [0.25, 0.3) is 0 Å². The molecular formula is C18H28FN3O5S. The third-order valence-corrected chi connectivity index (χ3v) is 5.89. The smallest absolute Gasteiger partial charge is 0.315 e. The van der Waals surface area contributed by atoms with Crippen LogP contribution in [0.4, 0.5) is 9.18 Å². The van der Waals surface area contributed by atoms with Crippen molar-refractivity contribution >= 4 is 16.1 Å². The van der Waals surface area contributed by atoms with Crippen molar-refractivity contribution in [3.63, 3.8) is 0 Å². The van der Waals surface area contributed by atoms with Gasteiger partial charge in [-0.1, -0.05) is 0 Å². The minimum absolute atomic E-state index is 0.000959. The largest absolute Gasteiger partial charge is 0.394 e. The highest BCUT2D eigenvalue weighted by Gasteiger charge is 2.32. The Kier molecular flexibility index (Phi) is 8.17. The van der Waals surface area contributed by atoms with Gasteiger partial charge in [-0.05, 0) is 57.4 Å². The Balaban J connectivity index is 1.81. The van der Waals surface area contributed by atoms with Crippen molar-refractivity contribution in [1.29, 1.82) is 0 Å². The van der Waals surface area contributed by atoms with E-state index in [-0.39, 0.29) is 42.3 Å². The first-order chi connectivity index (χ1) is 13.2. The highest BCUT2D eigenvalue weighted by Crippen LogP contribution is 2.22. The first-order valence-electron chi connectivity index (χ1n) is 9.30. The summed E-state index contributed by atoms with van der Waals surface area (Å²) < 4.78 is 45.6. The van der Waals surface area contributed by atoms with Crippen molar-refractivity contribution in [3.8, 4) is 0 Å². The molecule has 1 saturated heterocycles. The predicted octanol–water partition coefficient (Wildman–Crippen LogP) is 1.11. The number of urea groups is 1. The Hall–Kier alpha value is -1.75. The molecule has 2 rings (SSSR count). The second-order valence-electron chi connectivity index (χ2n) is 7.08. The molecule has 1 aromatic carbocycles. The summed E-state index contributed by atoms with van der Waals surface area (Å²) in [6, 6.07) is 3.97. The number of aliphatic hydroxyl groups excluding tert-OH is 1. The average molecular weight is 418 g/mol. The number of carbonyl (C=O) groups is 1. The average Bonchev–Trinajstić information content (AvgIpc) is 2.62. The summed E-state index contributed by atoms with van der Waals surface area (Å²) in [7, 11) is -3.72. The van der Waals surface area contributed by atoms with Crippen LogP contribution in [-0.2, 0) is 14.8 Å². The molecule has 2 amide bonds. The molecule has 4 N–H and O–H groups in total. The molecule has 0 saturated carbocycles. The zero-order chi connectivity index (χ0) is 20.7. The molecule has 28 heavy (non-hydrogen) atoms. The number of halogens is 1. The van der Waals surface area contributed by atoms with Crippen molar-refractivity contribution in [2.75, 3.05) is 13.2 Å².